The van der Waals surface area contributed by atoms with Crippen LogP contribution in [0.25, 0.3) is 0 Å². The maximum Gasteiger partial charge on any atom is 0.130 e. The molecule has 0 radical (unpaired) electrons. The number of anilines is 1. The summed E-state index contributed by atoms with van der Waals surface area (Å²) in [6.45, 7) is 6.17. The van der Waals surface area contributed by atoms with Crippen molar-refractivity contribution in [2.75, 3.05) is 5.32 Å². The summed E-state index contributed by atoms with van der Waals surface area (Å²) in [6.07, 6.45) is 4.09. The molecule has 1 aromatic rings. The molecule has 1 aliphatic rings. The number of hydrogen-bond acceptors (Lipinski definition) is 3. The third-order valence-corrected chi connectivity index (χ3v) is 2.74. The Morgan fingerprint density at radius 1 is 1.40 bits per heavy atom. The van der Waals surface area contributed by atoms with Crippen LogP contribution in [0.15, 0.2) is 6.07 Å². The molecule has 3 nitrogen and oxygen atoms in total. The Kier molecular flexibility index (Phi) is 2.89. The molecule has 0 bridgehead atoms. The van der Waals surface area contributed by atoms with Crippen LogP contribution in [0, 0.1) is 19.8 Å². The molecule has 15 heavy (non-hydrogen) atoms. The predicted octanol–water partition coefficient (Wildman–Crippen LogP) is 2.69. The first-order valence-corrected chi connectivity index (χ1v) is 5.72. The third kappa shape index (κ3) is 3.18. The number of rotatable bonds is 4. The van der Waals surface area contributed by atoms with Crippen molar-refractivity contribution in [3.8, 4) is 0 Å². The van der Waals surface area contributed by atoms with E-state index >= 15 is 0 Å². The van der Waals surface area contributed by atoms with Gasteiger partial charge < -0.3 is 5.32 Å². The van der Waals surface area contributed by atoms with Gasteiger partial charge >= 0.3 is 0 Å². The molecule has 1 fully saturated rings. The van der Waals surface area contributed by atoms with Crippen LogP contribution < -0.4 is 5.32 Å². The fourth-order valence-electron chi connectivity index (χ4n) is 1.96. The van der Waals surface area contributed by atoms with E-state index in [9.17, 15) is 0 Å². The van der Waals surface area contributed by atoms with E-state index in [0.29, 0.717) is 6.04 Å². The Morgan fingerprint density at radius 2 is 2.13 bits per heavy atom. The van der Waals surface area contributed by atoms with Gasteiger partial charge in [0, 0.05) is 17.8 Å². The first-order valence-electron chi connectivity index (χ1n) is 5.72. The van der Waals surface area contributed by atoms with Gasteiger partial charge in [-0.1, -0.05) is 12.8 Å². The normalized spacial score (nSPS) is 17.5. The second-order valence-electron chi connectivity index (χ2n) is 4.67. The van der Waals surface area contributed by atoms with Crippen LogP contribution in [-0.4, -0.2) is 16.0 Å². The van der Waals surface area contributed by atoms with Gasteiger partial charge in [0.1, 0.15) is 11.6 Å². The molecular weight excluding hydrogens is 186 g/mol. The van der Waals surface area contributed by atoms with Gasteiger partial charge in [-0.2, -0.15) is 0 Å². The lowest BCUT2D eigenvalue weighted by molar-refractivity contribution is 0.639. The smallest absolute Gasteiger partial charge is 0.130 e. The lowest BCUT2D eigenvalue weighted by atomic mass is 10.1. The summed E-state index contributed by atoms with van der Waals surface area (Å²) in [5, 5.41) is 3.44. The SMILES string of the molecule is Cc1cc(NC(C)CC2CC2)nc(C)n1. The molecular formula is C12H19N3. The number of nitrogens with zero attached hydrogens (tertiary/aromatic N) is 2. The Bertz CT molecular complexity index is 324. The van der Waals surface area contributed by atoms with E-state index < -0.39 is 0 Å². The number of aryl methyl sites for hydroxylation is 2. The molecule has 0 amide bonds. The molecule has 2 rings (SSSR count). The van der Waals surface area contributed by atoms with Crippen molar-refractivity contribution in [1.82, 2.24) is 9.97 Å². The van der Waals surface area contributed by atoms with E-state index in [1.165, 1.54) is 19.3 Å². The average molecular weight is 205 g/mol. The lowest BCUT2D eigenvalue weighted by Crippen LogP contribution is -2.17. The van der Waals surface area contributed by atoms with Crippen LogP contribution in [-0.2, 0) is 0 Å². The van der Waals surface area contributed by atoms with E-state index in [-0.39, 0.29) is 0 Å². The molecule has 1 unspecified atom stereocenters. The van der Waals surface area contributed by atoms with E-state index in [1.54, 1.807) is 0 Å². The lowest BCUT2D eigenvalue weighted by Gasteiger charge is -2.14. The second kappa shape index (κ2) is 4.17. The van der Waals surface area contributed by atoms with Gasteiger partial charge in [-0.05, 0) is 33.1 Å². The molecule has 1 heterocycles. The van der Waals surface area contributed by atoms with Gasteiger partial charge in [0.25, 0.3) is 0 Å². The van der Waals surface area contributed by atoms with Crippen molar-refractivity contribution in [2.45, 2.75) is 46.1 Å². The highest BCUT2D eigenvalue weighted by Gasteiger charge is 2.23. The highest BCUT2D eigenvalue weighted by atomic mass is 15.0. The minimum atomic E-state index is 0.520. The van der Waals surface area contributed by atoms with Gasteiger partial charge in [-0.3, -0.25) is 0 Å². The summed E-state index contributed by atoms with van der Waals surface area (Å²) < 4.78 is 0. The highest BCUT2D eigenvalue weighted by molar-refractivity contribution is 5.36. The predicted molar refractivity (Wildman–Crippen MR) is 61.9 cm³/mol. The fraction of sp³-hybridized carbons (Fsp3) is 0.667. The quantitative estimate of drug-likeness (QED) is 0.821. The van der Waals surface area contributed by atoms with E-state index in [2.05, 4.69) is 22.2 Å². The molecule has 1 saturated carbocycles. The fourth-order valence-corrected chi connectivity index (χ4v) is 1.96. The molecule has 0 saturated heterocycles. The summed E-state index contributed by atoms with van der Waals surface area (Å²) in [5.41, 5.74) is 1.03. The van der Waals surface area contributed by atoms with Crippen molar-refractivity contribution in [1.29, 1.82) is 0 Å². The zero-order valence-electron chi connectivity index (χ0n) is 9.75. The Hall–Kier alpha value is -1.12. The molecule has 0 spiro atoms. The summed E-state index contributed by atoms with van der Waals surface area (Å²) in [6, 6.07) is 2.53. The maximum absolute atomic E-state index is 4.38. The van der Waals surface area contributed by atoms with Crippen molar-refractivity contribution in [3.05, 3.63) is 17.6 Å². The molecule has 0 aromatic carbocycles. The summed E-state index contributed by atoms with van der Waals surface area (Å²) in [7, 11) is 0. The molecule has 1 aromatic heterocycles. The third-order valence-electron chi connectivity index (χ3n) is 2.74. The van der Waals surface area contributed by atoms with E-state index in [0.717, 1.165) is 23.3 Å². The van der Waals surface area contributed by atoms with Crippen molar-refractivity contribution >= 4 is 5.82 Å². The van der Waals surface area contributed by atoms with Crippen LogP contribution in [0.2, 0.25) is 0 Å². The zero-order chi connectivity index (χ0) is 10.8. The summed E-state index contributed by atoms with van der Waals surface area (Å²) >= 11 is 0. The van der Waals surface area contributed by atoms with Crippen LogP contribution in [0.4, 0.5) is 5.82 Å². The topological polar surface area (TPSA) is 37.8 Å². The van der Waals surface area contributed by atoms with Crippen molar-refractivity contribution in [3.63, 3.8) is 0 Å². The zero-order valence-corrected chi connectivity index (χ0v) is 9.75. The Morgan fingerprint density at radius 3 is 2.73 bits per heavy atom. The Labute approximate surface area is 91.3 Å². The minimum Gasteiger partial charge on any atom is -0.367 e. The summed E-state index contributed by atoms with van der Waals surface area (Å²) in [4.78, 5) is 8.64. The average Bonchev–Trinajstić information content (AvgIpc) is 2.85. The molecule has 1 atom stereocenters. The molecule has 1 aliphatic carbocycles. The van der Waals surface area contributed by atoms with Gasteiger partial charge in [0.05, 0.1) is 0 Å². The number of hydrogen-bond donors (Lipinski definition) is 1. The van der Waals surface area contributed by atoms with Gasteiger partial charge in [0.2, 0.25) is 0 Å². The Balaban J connectivity index is 1.96. The van der Waals surface area contributed by atoms with E-state index in [1.807, 2.05) is 19.9 Å². The highest BCUT2D eigenvalue weighted by Crippen LogP contribution is 2.33. The number of nitrogens with one attached hydrogen (secondary N) is 1. The standard InChI is InChI=1S/C12H19N3/c1-8(6-11-4-5-11)14-12-7-9(2)13-10(3)15-12/h7-8,11H,4-6H2,1-3H3,(H,13,14,15). The monoisotopic (exact) mass is 205 g/mol. The molecule has 3 heteroatoms. The minimum absolute atomic E-state index is 0.520. The largest absolute Gasteiger partial charge is 0.367 e. The molecule has 82 valence electrons. The first kappa shape index (κ1) is 10.4. The van der Waals surface area contributed by atoms with Gasteiger partial charge in [0.15, 0.2) is 0 Å². The van der Waals surface area contributed by atoms with Crippen LogP contribution in [0.1, 0.15) is 37.7 Å². The number of aromatic nitrogens is 2. The van der Waals surface area contributed by atoms with Crippen LogP contribution >= 0.6 is 0 Å². The van der Waals surface area contributed by atoms with Gasteiger partial charge in [-0.15, -0.1) is 0 Å². The first-order chi connectivity index (χ1) is 7.13. The van der Waals surface area contributed by atoms with Crippen molar-refractivity contribution < 1.29 is 0 Å². The molecule has 1 N–H and O–H groups in total. The molecule has 0 aliphatic heterocycles. The van der Waals surface area contributed by atoms with Crippen LogP contribution in [0.5, 0.6) is 0 Å². The summed E-state index contributed by atoms with van der Waals surface area (Å²) in [5.74, 6) is 2.76. The van der Waals surface area contributed by atoms with Gasteiger partial charge in [-0.25, -0.2) is 9.97 Å². The second-order valence-corrected chi connectivity index (χ2v) is 4.67. The van der Waals surface area contributed by atoms with E-state index in [4.69, 9.17) is 0 Å². The van der Waals surface area contributed by atoms with Crippen LogP contribution in [0.3, 0.4) is 0 Å². The maximum atomic E-state index is 4.38. The van der Waals surface area contributed by atoms with Crippen molar-refractivity contribution in [2.24, 2.45) is 5.92 Å².